The van der Waals surface area contributed by atoms with Crippen molar-refractivity contribution in [3.05, 3.63) is 0 Å². The van der Waals surface area contributed by atoms with Crippen LogP contribution in [0.1, 0.15) is 20.3 Å². The predicted octanol–water partition coefficient (Wildman–Crippen LogP) is 2.27. The van der Waals surface area contributed by atoms with Gasteiger partial charge in [0, 0.05) is 7.11 Å². The molecule has 3 nitrogen and oxygen atoms in total. The van der Waals surface area contributed by atoms with Gasteiger partial charge in [0.05, 0.1) is 6.16 Å². The molecule has 1 rings (SSSR count). The second-order valence-electron chi connectivity index (χ2n) is 3.55. The number of rotatable bonds is 1. The van der Waals surface area contributed by atoms with Gasteiger partial charge in [-0.2, -0.15) is 0 Å². The van der Waals surface area contributed by atoms with E-state index in [0.29, 0.717) is 6.16 Å². The van der Waals surface area contributed by atoms with E-state index in [1.54, 1.807) is 6.92 Å². The van der Waals surface area contributed by atoms with Crippen LogP contribution in [0, 0.1) is 18.3 Å². The first-order valence-corrected chi connectivity index (χ1v) is 6.02. The third kappa shape index (κ3) is 1.96. The molecule has 0 aromatic carbocycles. The molecule has 3 unspecified atom stereocenters. The lowest BCUT2D eigenvalue weighted by Gasteiger charge is -2.38. The molecule has 0 aromatic heterocycles. The second kappa shape index (κ2) is 3.46. The monoisotopic (exact) mass is 202 g/mol. The average molecular weight is 202 g/mol. The second-order valence-corrected chi connectivity index (χ2v) is 5.77. The maximum Gasteiger partial charge on any atom is 0.331 e. The molecule has 1 fully saturated rings. The molecule has 1 aliphatic heterocycles. The van der Waals surface area contributed by atoms with Crippen LogP contribution in [0.15, 0.2) is 0 Å². The SMILES string of the molecule is C#CC1(C)OP(=O)(OC)CCC1C. The van der Waals surface area contributed by atoms with E-state index in [1.807, 2.05) is 6.92 Å². The molecule has 4 heteroatoms. The van der Waals surface area contributed by atoms with Crippen molar-refractivity contribution in [3.63, 3.8) is 0 Å². The highest BCUT2D eigenvalue weighted by Crippen LogP contribution is 2.57. The third-order valence-electron chi connectivity index (χ3n) is 2.67. The van der Waals surface area contributed by atoms with Gasteiger partial charge in [0.1, 0.15) is 5.60 Å². The Hall–Kier alpha value is -0.290. The van der Waals surface area contributed by atoms with Gasteiger partial charge in [-0.15, -0.1) is 6.42 Å². The van der Waals surface area contributed by atoms with Crippen LogP contribution in [0.2, 0.25) is 0 Å². The van der Waals surface area contributed by atoms with E-state index in [-0.39, 0.29) is 5.92 Å². The highest BCUT2D eigenvalue weighted by molar-refractivity contribution is 7.53. The minimum atomic E-state index is -2.91. The van der Waals surface area contributed by atoms with Crippen molar-refractivity contribution in [2.45, 2.75) is 25.9 Å². The molecule has 0 spiro atoms. The minimum absolute atomic E-state index is 0.217. The summed E-state index contributed by atoms with van der Waals surface area (Å²) in [5.41, 5.74) is -0.746. The Morgan fingerprint density at radius 3 is 2.85 bits per heavy atom. The van der Waals surface area contributed by atoms with Crippen LogP contribution in [0.25, 0.3) is 0 Å². The number of hydrogen-bond donors (Lipinski definition) is 0. The molecule has 0 radical (unpaired) electrons. The molecule has 74 valence electrons. The lowest BCUT2D eigenvalue weighted by Crippen LogP contribution is -2.38. The molecule has 0 aromatic rings. The maximum atomic E-state index is 11.8. The van der Waals surface area contributed by atoms with Crippen LogP contribution in [-0.2, 0) is 13.6 Å². The van der Waals surface area contributed by atoms with E-state index in [2.05, 4.69) is 5.92 Å². The Labute approximate surface area is 79.3 Å². The Morgan fingerprint density at radius 1 is 1.77 bits per heavy atom. The van der Waals surface area contributed by atoms with Crippen LogP contribution in [-0.4, -0.2) is 18.9 Å². The molecule has 1 saturated heterocycles. The van der Waals surface area contributed by atoms with Crippen molar-refractivity contribution in [2.75, 3.05) is 13.3 Å². The molecule has 0 amide bonds. The van der Waals surface area contributed by atoms with E-state index in [4.69, 9.17) is 15.5 Å². The standard InChI is InChI=1S/C9H15O3P/c1-5-9(3)8(2)6-7-13(10,11-4)12-9/h1,8H,6-7H2,2-4H3. The normalized spacial score (nSPS) is 45.5. The van der Waals surface area contributed by atoms with Gasteiger partial charge < -0.3 is 4.52 Å². The lowest BCUT2D eigenvalue weighted by atomic mass is 9.89. The van der Waals surface area contributed by atoms with Crippen molar-refractivity contribution < 1.29 is 13.6 Å². The van der Waals surface area contributed by atoms with Crippen LogP contribution in [0.3, 0.4) is 0 Å². The van der Waals surface area contributed by atoms with Crippen LogP contribution in [0.4, 0.5) is 0 Å². The lowest BCUT2D eigenvalue weighted by molar-refractivity contribution is 0.0513. The van der Waals surface area contributed by atoms with E-state index in [0.717, 1.165) is 6.42 Å². The van der Waals surface area contributed by atoms with Crippen molar-refractivity contribution >= 4 is 7.60 Å². The molecule has 0 aliphatic carbocycles. The number of hydrogen-bond acceptors (Lipinski definition) is 3. The summed E-state index contributed by atoms with van der Waals surface area (Å²) in [6.45, 7) is 3.78. The molecule has 0 saturated carbocycles. The Balaban J connectivity index is 2.88. The van der Waals surface area contributed by atoms with E-state index in [9.17, 15) is 4.57 Å². The smallest absolute Gasteiger partial charge is 0.312 e. The Bertz CT molecular complexity index is 281. The maximum absolute atomic E-state index is 11.8. The zero-order valence-corrected chi connectivity index (χ0v) is 9.14. The van der Waals surface area contributed by atoms with Gasteiger partial charge in [-0.25, -0.2) is 0 Å². The van der Waals surface area contributed by atoms with E-state index >= 15 is 0 Å². The molecule has 1 heterocycles. The predicted molar refractivity (Wildman–Crippen MR) is 51.6 cm³/mol. The summed E-state index contributed by atoms with van der Waals surface area (Å²) in [6.07, 6.45) is 6.60. The first-order valence-electron chi connectivity index (χ1n) is 4.29. The van der Waals surface area contributed by atoms with Gasteiger partial charge in [0.2, 0.25) is 0 Å². The fourth-order valence-corrected chi connectivity index (χ4v) is 3.21. The molecular weight excluding hydrogens is 187 g/mol. The highest BCUT2D eigenvalue weighted by Gasteiger charge is 2.43. The van der Waals surface area contributed by atoms with Crippen LogP contribution < -0.4 is 0 Å². The van der Waals surface area contributed by atoms with Crippen molar-refractivity contribution in [1.82, 2.24) is 0 Å². The van der Waals surface area contributed by atoms with Crippen molar-refractivity contribution in [3.8, 4) is 12.3 Å². The molecule has 0 N–H and O–H groups in total. The summed E-state index contributed by atoms with van der Waals surface area (Å²) in [5, 5.41) is 0. The number of terminal acetylenes is 1. The van der Waals surface area contributed by atoms with E-state index in [1.165, 1.54) is 7.11 Å². The van der Waals surface area contributed by atoms with Crippen molar-refractivity contribution in [2.24, 2.45) is 5.92 Å². The van der Waals surface area contributed by atoms with E-state index < -0.39 is 13.2 Å². The fraction of sp³-hybridized carbons (Fsp3) is 0.778. The summed E-state index contributed by atoms with van der Waals surface area (Å²) < 4.78 is 22.0. The topological polar surface area (TPSA) is 35.5 Å². The van der Waals surface area contributed by atoms with Gasteiger partial charge in [-0.3, -0.25) is 9.09 Å². The van der Waals surface area contributed by atoms with Crippen LogP contribution >= 0.6 is 7.60 Å². The molecule has 0 bridgehead atoms. The molecule has 1 aliphatic rings. The van der Waals surface area contributed by atoms with Crippen molar-refractivity contribution in [1.29, 1.82) is 0 Å². The molecular formula is C9H15O3P. The van der Waals surface area contributed by atoms with Gasteiger partial charge in [0.15, 0.2) is 0 Å². The highest BCUT2D eigenvalue weighted by atomic mass is 31.2. The largest absolute Gasteiger partial charge is 0.331 e. The van der Waals surface area contributed by atoms with Gasteiger partial charge in [-0.1, -0.05) is 12.8 Å². The average Bonchev–Trinajstić information content (AvgIpc) is 2.12. The first kappa shape index (κ1) is 10.8. The fourth-order valence-electron chi connectivity index (χ4n) is 1.35. The van der Waals surface area contributed by atoms with Gasteiger partial charge in [0.25, 0.3) is 0 Å². The minimum Gasteiger partial charge on any atom is -0.312 e. The summed E-state index contributed by atoms with van der Waals surface area (Å²) >= 11 is 0. The summed E-state index contributed by atoms with van der Waals surface area (Å²) in [4.78, 5) is 0. The summed E-state index contributed by atoms with van der Waals surface area (Å²) in [7, 11) is -1.52. The third-order valence-corrected chi connectivity index (χ3v) is 4.69. The zero-order chi connectivity index (χ0) is 10.1. The molecule has 13 heavy (non-hydrogen) atoms. The Morgan fingerprint density at radius 2 is 2.38 bits per heavy atom. The van der Waals surface area contributed by atoms with Gasteiger partial charge in [-0.05, 0) is 19.3 Å². The van der Waals surface area contributed by atoms with Crippen LogP contribution in [0.5, 0.6) is 0 Å². The zero-order valence-electron chi connectivity index (χ0n) is 8.24. The van der Waals surface area contributed by atoms with Gasteiger partial charge >= 0.3 is 7.60 Å². The summed E-state index contributed by atoms with van der Waals surface area (Å²) in [5.74, 6) is 2.76. The Kier molecular flexibility index (Phi) is 2.87. The summed E-state index contributed by atoms with van der Waals surface area (Å²) in [6, 6.07) is 0. The molecule has 3 atom stereocenters. The first-order chi connectivity index (χ1) is 5.96. The quantitative estimate of drug-likeness (QED) is 0.483.